The molecule has 2 fully saturated rings. The standard InChI is InChI=1S/C14H18F6O3.CH4O/c15-13(16,17)12(22,14(18,19)20)4-1-5-23-11(21)10-7-8-2-3-9(10)6-8;1-2/h8-10,22H,1-7H2;2H,1H3. The number of ether oxygens (including phenoxy) is 1. The molecule has 25 heavy (non-hydrogen) atoms. The molecule has 0 aliphatic heterocycles. The summed E-state index contributed by atoms with van der Waals surface area (Å²) in [6.07, 6.45) is -10.4. The second-order valence-corrected chi connectivity index (χ2v) is 6.41. The number of hydrogen-bond donors (Lipinski definition) is 2. The number of alkyl halides is 6. The van der Waals surface area contributed by atoms with E-state index in [-0.39, 0.29) is 11.8 Å². The Balaban J connectivity index is 0.00000151. The number of carbonyl (C=O) groups excluding carboxylic acids is 1. The van der Waals surface area contributed by atoms with Crippen LogP contribution in [-0.4, -0.2) is 47.9 Å². The van der Waals surface area contributed by atoms with E-state index in [1.807, 2.05) is 0 Å². The van der Waals surface area contributed by atoms with Gasteiger partial charge in [-0.15, -0.1) is 0 Å². The van der Waals surface area contributed by atoms with Gasteiger partial charge >= 0.3 is 18.3 Å². The zero-order chi connectivity index (χ0) is 19.5. The van der Waals surface area contributed by atoms with Gasteiger partial charge in [0, 0.05) is 7.11 Å². The van der Waals surface area contributed by atoms with Crippen molar-refractivity contribution in [1.82, 2.24) is 0 Å². The summed E-state index contributed by atoms with van der Waals surface area (Å²) in [5.41, 5.74) is -4.78. The van der Waals surface area contributed by atoms with Crippen molar-refractivity contribution >= 4 is 5.97 Å². The molecule has 0 aromatic carbocycles. The first-order valence-corrected chi connectivity index (χ1v) is 7.93. The highest BCUT2D eigenvalue weighted by molar-refractivity contribution is 5.73. The van der Waals surface area contributed by atoms with E-state index < -0.39 is 43.4 Å². The Morgan fingerprint density at radius 2 is 1.60 bits per heavy atom. The average Bonchev–Trinajstić information content (AvgIpc) is 3.13. The Morgan fingerprint density at radius 1 is 1.04 bits per heavy atom. The summed E-state index contributed by atoms with van der Waals surface area (Å²) in [5.74, 6) is -0.162. The first kappa shape index (κ1) is 22.0. The van der Waals surface area contributed by atoms with Gasteiger partial charge in [-0.1, -0.05) is 6.42 Å². The van der Waals surface area contributed by atoms with Crippen molar-refractivity contribution in [1.29, 1.82) is 0 Å². The van der Waals surface area contributed by atoms with Crippen molar-refractivity contribution < 1.29 is 46.1 Å². The van der Waals surface area contributed by atoms with Crippen LogP contribution in [0.15, 0.2) is 0 Å². The summed E-state index contributed by atoms with van der Waals surface area (Å²) in [6.45, 7) is -0.568. The Labute approximate surface area is 141 Å². The molecule has 0 saturated heterocycles. The Bertz CT molecular complexity index is 434. The maximum Gasteiger partial charge on any atom is 0.426 e. The number of fused-ring (bicyclic) bond motifs is 2. The molecule has 0 aromatic rings. The minimum Gasteiger partial charge on any atom is -0.465 e. The molecular formula is C15H22F6O4. The molecule has 2 saturated carbocycles. The van der Waals surface area contributed by atoms with Crippen LogP contribution < -0.4 is 0 Å². The molecule has 4 nitrogen and oxygen atoms in total. The van der Waals surface area contributed by atoms with E-state index in [0.29, 0.717) is 12.3 Å². The van der Waals surface area contributed by atoms with E-state index in [4.69, 9.17) is 14.9 Å². The highest BCUT2D eigenvalue weighted by atomic mass is 19.4. The third-order valence-electron chi connectivity index (χ3n) is 4.91. The van der Waals surface area contributed by atoms with Gasteiger partial charge in [-0.2, -0.15) is 26.3 Å². The molecule has 0 radical (unpaired) electrons. The van der Waals surface area contributed by atoms with Gasteiger partial charge in [0.15, 0.2) is 0 Å². The second kappa shape index (κ2) is 8.11. The summed E-state index contributed by atoms with van der Waals surface area (Å²) in [5, 5.41) is 16.0. The molecule has 0 aromatic heterocycles. The van der Waals surface area contributed by atoms with Gasteiger partial charge in [-0.25, -0.2) is 0 Å². The highest BCUT2D eigenvalue weighted by Gasteiger charge is 2.69. The number of aliphatic hydroxyl groups excluding tert-OH is 1. The van der Waals surface area contributed by atoms with Gasteiger partial charge < -0.3 is 14.9 Å². The lowest BCUT2D eigenvalue weighted by Crippen LogP contribution is -2.56. The molecule has 148 valence electrons. The SMILES string of the molecule is CO.O=C(OCCCC(O)(C(F)(F)F)C(F)(F)F)C1CC2CCC1C2. The van der Waals surface area contributed by atoms with Crippen LogP contribution in [0.3, 0.4) is 0 Å². The maximum atomic E-state index is 12.5. The van der Waals surface area contributed by atoms with E-state index in [9.17, 15) is 31.1 Å². The quantitative estimate of drug-likeness (QED) is 0.437. The lowest BCUT2D eigenvalue weighted by molar-refractivity contribution is -0.370. The smallest absolute Gasteiger partial charge is 0.426 e. The molecule has 2 bridgehead atoms. The molecule has 2 aliphatic carbocycles. The molecule has 0 heterocycles. The van der Waals surface area contributed by atoms with E-state index >= 15 is 0 Å². The Hall–Kier alpha value is -1.03. The van der Waals surface area contributed by atoms with Crippen LogP contribution >= 0.6 is 0 Å². The van der Waals surface area contributed by atoms with Crippen LogP contribution in [0, 0.1) is 17.8 Å². The summed E-state index contributed by atoms with van der Waals surface area (Å²) in [7, 11) is 1.00. The van der Waals surface area contributed by atoms with E-state index in [1.54, 1.807) is 0 Å². The van der Waals surface area contributed by atoms with Gasteiger partial charge in [0.25, 0.3) is 5.60 Å². The minimum absolute atomic E-state index is 0.217. The fourth-order valence-electron chi connectivity index (χ4n) is 3.59. The summed E-state index contributed by atoms with van der Waals surface area (Å²) < 4.78 is 79.6. The lowest BCUT2D eigenvalue weighted by atomic mass is 9.89. The number of hydrogen-bond acceptors (Lipinski definition) is 4. The lowest BCUT2D eigenvalue weighted by Gasteiger charge is -2.32. The normalized spacial score (nSPS) is 26.2. The van der Waals surface area contributed by atoms with Crippen molar-refractivity contribution in [2.45, 2.75) is 56.5 Å². The largest absolute Gasteiger partial charge is 0.465 e. The molecular weight excluding hydrogens is 358 g/mol. The van der Waals surface area contributed by atoms with E-state index in [2.05, 4.69) is 0 Å². The fourth-order valence-corrected chi connectivity index (χ4v) is 3.59. The third kappa shape index (κ3) is 4.78. The summed E-state index contributed by atoms with van der Waals surface area (Å²) in [4.78, 5) is 11.8. The van der Waals surface area contributed by atoms with E-state index in [1.165, 1.54) is 0 Å². The van der Waals surface area contributed by atoms with Crippen LogP contribution in [0.5, 0.6) is 0 Å². The van der Waals surface area contributed by atoms with Crippen molar-refractivity contribution in [3.8, 4) is 0 Å². The third-order valence-corrected chi connectivity index (χ3v) is 4.91. The average molecular weight is 380 g/mol. The van der Waals surface area contributed by atoms with Crippen LogP contribution in [0.1, 0.15) is 38.5 Å². The molecule has 3 unspecified atom stereocenters. The molecule has 2 N–H and O–H groups in total. The number of carbonyl (C=O) groups is 1. The monoisotopic (exact) mass is 380 g/mol. The van der Waals surface area contributed by atoms with E-state index in [0.717, 1.165) is 26.4 Å². The predicted molar refractivity (Wildman–Crippen MR) is 74.3 cm³/mol. The number of esters is 1. The van der Waals surface area contributed by atoms with Crippen LogP contribution in [-0.2, 0) is 9.53 Å². The summed E-state index contributed by atoms with van der Waals surface area (Å²) in [6, 6.07) is 0. The highest BCUT2D eigenvalue weighted by Crippen LogP contribution is 2.49. The number of aliphatic hydroxyl groups is 2. The second-order valence-electron chi connectivity index (χ2n) is 6.41. The van der Waals surface area contributed by atoms with Gasteiger partial charge in [0.1, 0.15) is 0 Å². The van der Waals surface area contributed by atoms with Crippen molar-refractivity contribution in [2.24, 2.45) is 17.8 Å². The van der Waals surface area contributed by atoms with Crippen LogP contribution in [0.2, 0.25) is 0 Å². The predicted octanol–water partition coefficient (Wildman–Crippen LogP) is 3.21. The van der Waals surface area contributed by atoms with Crippen molar-refractivity contribution in [3.05, 3.63) is 0 Å². The minimum atomic E-state index is -5.83. The van der Waals surface area contributed by atoms with Crippen LogP contribution in [0.25, 0.3) is 0 Å². The molecule has 10 heteroatoms. The Kier molecular flexibility index (Phi) is 7.14. The van der Waals surface area contributed by atoms with Gasteiger partial charge in [0.05, 0.1) is 12.5 Å². The topological polar surface area (TPSA) is 66.8 Å². The van der Waals surface area contributed by atoms with Crippen LogP contribution in [0.4, 0.5) is 26.3 Å². The first-order chi connectivity index (χ1) is 11.5. The number of halogens is 6. The van der Waals surface area contributed by atoms with Gasteiger partial charge in [-0.3, -0.25) is 4.79 Å². The molecule has 0 spiro atoms. The zero-order valence-electron chi connectivity index (χ0n) is 13.7. The summed E-state index contributed by atoms with van der Waals surface area (Å²) >= 11 is 0. The molecule has 2 rings (SSSR count). The number of rotatable bonds is 5. The van der Waals surface area contributed by atoms with Gasteiger partial charge in [-0.05, 0) is 43.9 Å². The first-order valence-electron chi connectivity index (χ1n) is 7.93. The Morgan fingerprint density at radius 3 is 2.00 bits per heavy atom. The molecule has 2 aliphatic rings. The molecule has 3 atom stereocenters. The molecule has 0 amide bonds. The fraction of sp³-hybridized carbons (Fsp3) is 0.933. The van der Waals surface area contributed by atoms with Crippen molar-refractivity contribution in [3.63, 3.8) is 0 Å². The zero-order valence-corrected chi connectivity index (χ0v) is 13.7. The van der Waals surface area contributed by atoms with Crippen molar-refractivity contribution in [2.75, 3.05) is 13.7 Å². The van der Waals surface area contributed by atoms with Gasteiger partial charge in [0.2, 0.25) is 0 Å². The maximum absolute atomic E-state index is 12.5.